The van der Waals surface area contributed by atoms with E-state index in [2.05, 4.69) is 20.2 Å². The number of pyridine rings is 1. The number of rotatable bonds is 3. The van der Waals surface area contributed by atoms with Crippen LogP contribution in [0.15, 0.2) is 52.5 Å². The van der Waals surface area contributed by atoms with Crippen LogP contribution in [-0.2, 0) is 9.84 Å². The van der Waals surface area contributed by atoms with Crippen molar-refractivity contribution in [3.8, 4) is 0 Å². The number of H-pyrrole nitrogens is 1. The average Bonchev–Trinajstić information content (AvgIpc) is 3.08. The maximum absolute atomic E-state index is 12.9. The minimum Gasteiger partial charge on any atom is -0.354 e. The third-order valence-electron chi connectivity index (χ3n) is 4.54. The third kappa shape index (κ3) is 2.89. The van der Waals surface area contributed by atoms with Gasteiger partial charge in [-0.2, -0.15) is 0 Å². The maximum Gasteiger partial charge on any atom is 0.221 e. The molecule has 2 N–H and O–H groups in total. The molecule has 0 bridgehead atoms. The minimum absolute atomic E-state index is 0.204. The van der Waals surface area contributed by atoms with Gasteiger partial charge < -0.3 is 15.2 Å². The van der Waals surface area contributed by atoms with E-state index in [1.54, 1.807) is 24.4 Å². The predicted molar refractivity (Wildman–Crippen MR) is 97.8 cm³/mol. The van der Waals surface area contributed by atoms with Gasteiger partial charge in [0.15, 0.2) is 0 Å². The number of hydrogen-bond acceptors (Lipinski definition) is 5. The van der Waals surface area contributed by atoms with Crippen molar-refractivity contribution in [3.05, 3.63) is 48.2 Å². The lowest BCUT2D eigenvalue weighted by Gasteiger charge is -2.28. The number of aromatic nitrogens is 2. The van der Waals surface area contributed by atoms with E-state index in [0.717, 1.165) is 48.5 Å². The number of piperazine rings is 1. The molecule has 1 fully saturated rings. The van der Waals surface area contributed by atoms with Crippen LogP contribution < -0.4 is 10.2 Å². The normalized spacial score (nSPS) is 15.6. The molecule has 0 atom stereocenters. The summed E-state index contributed by atoms with van der Waals surface area (Å²) in [6.07, 6.45) is 1.72. The molecule has 1 aliphatic heterocycles. The summed E-state index contributed by atoms with van der Waals surface area (Å²) < 4.78 is 25.9. The van der Waals surface area contributed by atoms with Crippen molar-refractivity contribution in [1.29, 1.82) is 0 Å². The summed E-state index contributed by atoms with van der Waals surface area (Å²) >= 11 is 0. The number of anilines is 1. The van der Waals surface area contributed by atoms with Crippen LogP contribution in [0.1, 0.15) is 5.56 Å². The van der Waals surface area contributed by atoms with Crippen molar-refractivity contribution < 1.29 is 8.42 Å². The van der Waals surface area contributed by atoms with E-state index < -0.39 is 9.84 Å². The molecule has 6 nitrogen and oxygen atoms in total. The fourth-order valence-corrected chi connectivity index (χ4v) is 4.40. The molecule has 0 aliphatic carbocycles. The van der Waals surface area contributed by atoms with Gasteiger partial charge in [-0.1, -0.05) is 17.7 Å². The predicted octanol–water partition coefficient (Wildman–Crippen LogP) is 2.11. The minimum atomic E-state index is -3.58. The highest BCUT2D eigenvalue weighted by Crippen LogP contribution is 2.29. The van der Waals surface area contributed by atoms with Gasteiger partial charge in [-0.05, 0) is 31.2 Å². The van der Waals surface area contributed by atoms with Gasteiger partial charge in [0.25, 0.3) is 0 Å². The lowest BCUT2D eigenvalue weighted by molar-refractivity contribution is 0.586. The molecule has 130 valence electrons. The molecule has 25 heavy (non-hydrogen) atoms. The summed E-state index contributed by atoms with van der Waals surface area (Å²) in [5, 5.41) is 4.36. The lowest BCUT2D eigenvalue weighted by atomic mass is 10.2. The highest BCUT2D eigenvalue weighted by Gasteiger charge is 2.22. The Morgan fingerprint density at radius 1 is 1.08 bits per heavy atom. The first-order chi connectivity index (χ1) is 12.1. The lowest BCUT2D eigenvalue weighted by Crippen LogP contribution is -2.43. The Labute approximate surface area is 146 Å². The van der Waals surface area contributed by atoms with Crippen molar-refractivity contribution in [3.63, 3.8) is 0 Å². The van der Waals surface area contributed by atoms with E-state index in [0.29, 0.717) is 4.90 Å². The van der Waals surface area contributed by atoms with Gasteiger partial charge in [0.05, 0.1) is 10.4 Å². The largest absolute Gasteiger partial charge is 0.354 e. The summed E-state index contributed by atoms with van der Waals surface area (Å²) in [4.78, 5) is 10.0. The van der Waals surface area contributed by atoms with Gasteiger partial charge in [0, 0.05) is 37.8 Å². The van der Waals surface area contributed by atoms with Crippen molar-refractivity contribution in [1.82, 2.24) is 15.3 Å². The summed E-state index contributed by atoms with van der Waals surface area (Å²) in [6, 6.07) is 10.4. The molecule has 3 aromatic rings. The SMILES string of the molecule is Cc1ccc(S(=O)(=O)c2cc3c(N4CCNCC4)nccc3[nH]2)cc1. The smallest absolute Gasteiger partial charge is 0.221 e. The molecule has 4 rings (SSSR count). The monoisotopic (exact) mass is 356 g/mol. The van der Waals surface area contributed by atoms with Gasteiger partial charge in [-0.15, -0.1) is 0 Å². The van der Waals surface area contributed by atoms with Crippen molar-refractivity contribution in [2.24, 2.45) is 0 Å². The highest BCUT2D eigenvalue weighted by molar-refractivity contribution is 7.91. The molecule has 3 heterocycles. The van der Waals surface area contributed by atoms with Crippen LogP contribution in [0.3, 0.4) is 0 Å². The second-order valence-corrected chi connectivity index (χ2v) is 8.20. The molecule has 0 amide bonds. The zero-order valence-corrected chi connectivity index (χ0v) is 14.8. The second-order valence-electron chi connectivity index (χ2n) is 6.28. The number of aryl methyl sites for hydroxylation is 1. The fourth-order valence-electron chi connectivity index (χ4n) is 3.13. The number of aromatic amines is 1. The third-order valence-corrected chi connectivity index (χ3v) is 6.23. The van der Waals surface area contributed by atoms with E-state index >= 15 is 0 Å². The molecule has 0 radical (unpaired) electrons. The average molecular weight is 356 g/mol. The van der Waals surface area contributed by atoms with Crippen molar-refractivity contribution >= 4 is 26.6 Å². The summed E-state index contributed by atoms with van der Waals surface area (Å²) in [6.45, 7) is 5.45. The molecule has 0 unspecified atom stereocenters. The van der Waals surface area contributed by atoms with Crippen LogP contribution in [0.25, 0.3) is 10.9 Å². The van der Waals surface area contributed by atoms with Crippen LogP contribution >= 0.6 is 0 Å². The summed E-state index contributed by atoms with van der Waals surface area (Å²) in [5.74, 6) is 0.834. The molecular formula is C18H20N4O2S. The number of fused-ring (bicyclic) bond motifs is 1. The Hall–Kier alpha value is -2.38. The Kier molecular flexibility index (Phi) is 3.97. The summed E-state index contributed by atoms with van der Waals surface area (Å²) in [5.41, 5.74) is 1.81. The van der Waals surface area contributed by atoms with Gasteiger partial charge in [-0.25, -0.2) is 13.4 Å². The number of benzene rings is 1. The molecule has 0 saturated carbocycles. The molecular weight excluding hydrogens is 336 g/mol. The first-order valence-electron chi connectivity index (χ1n) is 8.31. The number of hydrogen-bond donors (Lipinski definition) is 2. The Bertz CT molecular complexity index is 1000. The van der Waals surface area contributed by atoms with E-state index in [4.69, 9.17) is 0 Å². The topological polar surface area (TPSA) is 78.1 Å². The second kappa shape index (κ2) is 6.16. The maximum atomic E-state index is 12.9. The fraction of sp³-hybridized carbons (Fsp3) is 0.278. The molecule has 1 aliphatic rings. The van der Waals surface area contributed by atoms with Crippen LogP contribution in [-0.4, -0.2) is 44.6 Å². The van der Waals surface area contributed by atoms with E-state index in [9.17, 15) is 8.42 Å². The Balaban J connectivity index is 1.80. The van der Waals surface area contributed by atoms with Crippen molar-refractivity contribution in [2.75, 3.05) is 31.1 Å². The van der Waals surface area contributed by atoms with Crippen LogP contribution in [0.2, 0.25) is 0 Å². The van der Waals surface area contributed by atoms with Gasteiger partial charge in [0.2, 0.25) is 9.84 Å². The first-order valence-corrected chi connectivity index (χ1v) is 9.79. The van der Waals surface area contributed by atoms with Gasteiger partial charge in [0.1, 0.15) is 10.8 Å². The first kappa shape index (κ1) is 16.1. The number of sulfone groups is 1. The quantitative estimate of drug-likeness (QED) is 0.752. The Morgan fingerprint density at radius 2 is 1.80 bits per heavy atom. The van der Waals surface area contributed by atoms with Crippen LogP contribution in [0.4, 0.5) is 5.82 Å². The van der Waals surface area contributed by atoms with Crippen molar-refractivity contribution in [2.45, 2.75) is 16.8 Å². The van der Waals surface area contributed by atoms with Crippen LogP contribution in [0, 0.1) is 6.92 Å². The van der Waals surface area contributed by atoms with E-state index in [1.165, 1.54) is 0 Å². The zero-order valence-electron chi connectivity index (χ0n) is 14.0. The van der Waals surface area contributed by atoms with E-state index in [-0.39, 0.29) is 5.03 Å². The summed E-state index contributed by atoms with van der Waals surface area (Å²) in [7, 11) is -3.58. The number of nitrogens with zero attached hydrogens (tertiary/aromatic N) is 2. The molecule has 0 spiro atoms. The Morgan fingerprint density at radius 3 is 2.52 bits per heavy atom. The molecule has 2 aromatic heterocycles. The standard InChI is InChI=1S/C18H20N4O2S/c1-13-2-4-14(5-3-13)25(23,24)17-12-15-16(21-17)6-7-20-18(15)22-10-8-19-9-11-22/h2-7,12,19,21H,8-11H2,1H3. The highest BCUT2D eigenvalue weighted by atomic mass is 32.2. The van der Waals surface area contributed by atoms with Gasteiger partial charge in [-0.3, -0.25) is 0 Å². The van der Waals surface area contributed by atoms with Crippen LogP contribution in [0.5, 0.6) is 0 Å². The number of nitrogens with one attached hydrogen (secondary N) is 2. The van der Waals surface area contributed by atoms with Gasteiger partial charge >= 0.3 is 0 Å². The molecule has 1 aromatic carbocycles. The molecule has 1 saturated heterocycles. The molecule has 7 heteroatoms. The van der Waals surface area contributed by atoms with E-state index in [1.807, 2.05) is 25.1 Å². The zero-order chi connectivity index (χ0) is 17.4.